The molecule has 4 heteroatoms. The SMILES string of the molecule is CNc1ccc(C(=O)NCCc2ccc(C)o2)cc1. The van der Waals surface area contributed by atoms with Crippen molar-refractivity contribution in [3.8, 4) is 0 Å². The van der Waals surface area contributed by atoms with Gasteiger partial charge in [0.1, 0.15) is 11.5 Å². The Labute approximate surface area is 112 Å². The van der Waals surface area contributed by atoms with Gasteiger partial charge in [-0.05, 0) is 43.3 Å². The summed E-state index contributed by atoms with van der Waals surface area (Å²) in [7, 11) is 1.85. The molecule has 4 nitrogen and oxygen atoms in total. The molecule has 2 aromatic rings. The van der Waals surface area contributed by atoms with E-state index in [0.717, 1.165) is 17.2 Å². The minimum atomic E-state index is -0.0640. The van der Waals surface area contributed by atoms with Crippen molar-refractivity contribution in [2.45, 2.75) is 13.3 Å². The van der Waals surface area contributed by atoms with Crippen molar-refractivity contribution in [1.29, 1.82) is 0 Å². The van der Waals surface area contributed by atoms with Crippen LogP contribution in [0, 0.1) is 6.92 Å². The largest absolute Gasteiger partial charge is 0.466 e. The van der Waals surface area contributed by atoms with Crippen LogP contribution in [0.25, 0.3) is 0 Å². The topological polar surface area (TPSA) is 54.3 Å². The maximum absolute atomic E-state index is 11.9. The highest BCUT2D eigenvalue weighted by Gasteiger charge is 2.05. The fraction of sp³-hybridized carbons (Fsp3) is 0.267. The molecule has 0 aliphatic heterocycles. The van der Waals surface area contributed by atoms with Crippen LogP contribution in [0.3, 0.4) is 0 Å². The van der Waals surface area contributed by atoms with E-state index in [1.54, 1.807) is 12.1 Å². The van der Waals surface area contributed by atoms with Gasteiger partial charge in [-0.3, -0.25) is 4.79 Å². The van der Waals surface area contributed by atoms with Crippen LogP contribution in [0.15, 0.2) is 40.8 Å². The van der Waals surface area contributed by atoms with E-state index in [-0.39, 0.29) is 5.91 Å². The van der Waals surface area contributed by atoms with Crippen molar-refractivity contribution in [2.75, 3.05) is 18.9 Å². The van der Waals surface area contributed by atoms with Gasteiger partial charge in [0, 0.05) is 31.3 Å². The molecule has 0 aliphatic carbocycles. The zero-order chi connectivity index (χ0) is 13.7. The van der Waals surface area contributed by atoms with Crippen LogP contribution in [0.1, 0.15) is 21.9 Å². The van der Waals surface area contributed by atoms with Crippen LogP contribution in [0.5, 0.6) is 0 Å². The Kier molecular flexibility index (Phi) is 4.23. The standard InChI is InChI=1S/C15H18N2O2/c1-11-3-8-14(19-11)9-10-17-15(18)12-4-6-13(16-2)7-5-12/h3-8,16H,9-10H2,1-2H3,(H,17,18). The van der Waals surface area contributed by atoms with Crippen LogP contribution < -0.4 is 10.6 Å². The fourth-order valence-electron chi connectivity index (χ4n) is 1.81. The van der Waals surface area contributed by atoms with Crippen LogP contribution in [0.2, 0.25) is 0 Å². The molecule has 0 aliphatic rings. The molecule has 2 N–H and O–H groups in total. The predicted molar refractivity (Wildman–Crippen MR) is 75.5 cm³/mol. The number of anilines is 1. The molecule has 1 heterocycles. The predicted octanol–water partition coefficient (Wildman–Crippen LogP) is 2.60. The molecule has 1 aromatic heterocycles. The average Bonchev–Trinajstić information content (AvgIpc) is 2.84. The lowest BCUT2D eigenvalue weighted by atomic mass is 10.2. The smallest absolute Gasteiger partial charge is 0.251 e. The van der Waals surface area contributed by atoms with Gasteiger partial charge in [0.2, 0.25) is 0 Å². The summed E-state index contributed by atoms with van der Waals surface area (Å²) >= 11 is 0. The van der Waals surface area contributed by atoms with Crippen LogP contribution in [-0.2, 0) is 6.42 Å². The molecule has 0 unspecified atom stereocenters. The molecule has 0 radical (unpaired) electrons. The van der Waals surface area contributed by atoms with E-state index in [0.29, 0.717) is 18.5 Å². The van der Waals surface area contributed by atoms with Gasteiger partial charge in [-0.25, -0.2) is 0 Å². The summed E-state index contributed by atoms with van der Waals surface area (Å²) in [4.78, 5) is 11.9. The number of hydrogen-bond acceptors (Lipinski definition) is 3. The second-order valence-electron chi connectivity index (χ2n) is 4.35. The summed E-state index contributed by atoms with van der Waals surface area (Å²) in [6, 6.07) is 11.2. The minimum absolute atomic E-state index is 0.0640. The lowest BCUT2D eigenvalue weighted by molar-refractivity contribution is 0.0953. The molecule has 0 spiro atoms. The molecule has 0 fully saturated rings. The van der Waals surface area contributed by atoms with Gasteiger partial charge in [-0.2, -0.15) is 0 Å². The Morgan fingerprint density at radius 2 is 1.89 bits per heavy atom. The Balaban J connectivity index is 1.83. The van der Waals surface area contributed by atoms with E-state index in [4.69, 9.17) is 4.42 Å². The lowest BCUT2D eigenvalue weighted by Crippen LogP contribution is -2.25. The number of carbonyl (C=O) groups is 1. The van der Waals surface area contributed by atoms with Gasteiger partial charge in [-0.1, -0.05) is 0 Å². The number of carbonyl (C=O) groups excluding carboxylic acids is 1. The Hall–Kier alpha value is -2.23. The van der Waals surface area contributed by atoms with Crippen molar-refractivity contribution in [1.82, 2.24) is 5.32 Å². The van der Waals surface area contributed by atoms with Gasteiger partial charge in [0.05, 0.1) is 0 Å². The number of benzene rings is 1. The Bertz CT molecular complexity index is 544. The second kappa shape index (κ2) is 6.09. The van der Waals surface area contributed by atoms with E-state index in [9.17, 15) is 4.79 Å². The summed E-state index contributed by atoms with van der Waals surface area (Å²) in [6.07, 6.45) is 0.703. The first-order valence-electron chi connectivity index (χ1n) is 6.30. The number of amides is 1. The molecule has 0 saturated heterocycles. The third-order valence-electron chi connectivity index (χ3n) is 2.89. The number of nitrogens with one attached hydrogen (secondary N) is 2. The molecule has 19 heavy (non-hydrogen) atoms. The molecular weight excluding hydrogens is 240 g/mol. The van der Waals surface area contributed by atoms with Crippen LogP contribution in [0.4, 0.5) is 5.69 Å². The van der Waals surface area contributed by atoms with E-state index in [1.807, 2.05) is 38.2 Å². The maximum Gasteiger partial charge on any atom is 0.251 e. The second-order valence-corrected chi connectivity index (χ2v) is 4.35. The molecule has 2 rings (SSSR count). The van der Waals surface area contributed by atoms with Crippen molar-refractivity contribution in [2.24, 2.45) is 0 Å². The van der Waals surface area contributed by atoms with E-state index < -0.39 is 0 Å². The summed E-state index contributed by atoms with van der Waals surface area (Å²) in [5.41, 5.74) is 1.65. The van der Waals surface area contributed by atoms with Gasteiger partial charge in [0.25, 0.3) is 5.91 Å². The molecule has 1 amide bonds. The molecule has 1 aromatic carbocycles. The van der Waals surface area contributed by atoms with E-state index in [2.05, 4.69) is 10.6 Å². The quantitative estimate of drug-likeness (QED) is 0.866. The number of aryl methyl sites for hydroxylation is 1. The molecule has 0 atom stereocenters. The van der Waals surface area contributed by atoms with Gasteiger partial charge in [-0.15, -0.1) is 0 Å². The number of rotatable bonds is 5. The number of hydrogen-bond donors (Lipinski definition) is 2. The van der Waals surface area contributed by atoms with Crippen LogP contribution in [-0.4, -0.2) is 19.5 Å². The minimum Gasteiger partial charge on any atom is -0.466 e. The third kappa shape index (κ3) is 3.61. The first-order valence-corrected chi connectivity index (χ1v) is 6.30. The van der Waals surface area contributed by atoms with Crippen molar-refractivity contribution in [3.05, 3.63) is 53.5 Å². The molecule has 0 saturated carbocycles. The van der Waals surface area contributed by atoms with Gasteiger partial charge in [0.15, 0.2) is 0 Å². The normalized spacial score (nSPS) is 10.2. The van der Waals surface area contributed by atoms with Crippen molar-refractivity contribution < 1.29 is 9.21 Å². The van der Waals surface area contributed by atoms with Gasteiger partial charge < -0.3 is 15.1 Å². The Morgan fingerprint density at radius 3 is 2.47 bits per heavy atom. The highest BCUT2D eigenvalue weighted by Crippen LogP contribution is 2.09. The first kappa shape index (κ1) is 13.2. The highest BCUT2D eigenvalue weighted by molar-refractivity contribution is 5.94. The molecule has 0 bridgehead atoms. The third-order valence-corrected chi connectivity index (χ3v) is 2.89. The zero-order valence-corrected chi connectivity index (χ0v) is 11.2. The van der Waals surface area contributed by atoms with Gasteiger partial charge >= 0.3 is 0 Å². The summed E-state index contributed by atoms with van der Waals surface area (Å²) in [6.45, 7) is 2.48. The summed E-state index contributed by atoms with van der Waals surface area (Å²) in [5.74, 6) is 1.72. The average molecular weight is 258 g/mol. The monoisotopic (exact) mass is 258 g/mol. The Morgan fingerprint density at radius 1 is 1.16 bits per heavy atom. The summed E-state index contributed by atoms with van der Waals surface area (Å²) in [5, 5.41) is 5.89. The highest BCUT2D eigenvalue weighted by atomic mass is 16.3. The lowest BCUT2D eigenvalue weighted by Gasteiger charge is -2.05. The fourth-order valence-corrected chi connectivity index (χ4v) is 1.81. The van der Waals surface area contributed by atoms with Crippen molar-refractivity contribution in [3.63, 3.8) is 0 Å². The molecular formula is C15H18N2O2. The first-order chi connectivity index (χ1) is 9.19. The van der Waals surface area contributed by atoms with E-state index in [1.165, 1.54) is 0 Å². The molecule has 100 valence electrons. The van der Waals surface area contributed by atoms with E-state index >= 15 is 0 Å². The van der Waals surface area contributed by atoms with Crippen LogP contribution >= 0.6 is 0 Å². The maximum atomic E-state index is 11.9. The zero-order valence-electron chi connectivity index (χ0n) is 11.2. The number of furan rings is 1. The van der Waals surface area contributed by atoms with Crippen molar-refractivity contribution >= 4 is 11.6 Å². The summed E-state index contributed by atoms with van der Waals surface area (Å²) < 4.78 is 5.44.